The van der Waals surface area contributed by atoms with Crippen LogP contribution >= 0.6 is 0 Å². The lowest BCUT2D eigenvalue weighted by molar-refractivity contribution is -0.163. The highest BCUT2D eigenvalue weighted by Gasteiger charge is 2.62. The molecule has 4 saturated carbocycles. The number of rotatable bonds is 5. The third-order valence-electron chi connectivity index (χ3n) is 11.9. The minimum atomic E-state index is -0.659. The fourth-order valence-electron chi connectivity index (χ4n) is 9.43. The van der Waals surface area contributed by atoms with E-state index >= 15 is 0 Å². The van der Waals surface area contributed by atoms with Gasteiger partial charge in [0.05, 0.1) is 24.4 Å². The van der Waals surface area contributed by atoms with Crippen molar-refractivity contribution in [2.24, 2.45) is 58.2 Å². The van der Waals surface area contributed by atoms with Crippen LogP contribution < -0.4 is 0 Å². The predicted octanol–water partition coefficient (Wildman–Crippen LogP) is 4.63. The van der Waals surface area contributed by atoms with Crippen LogP contribution in [0.3, 0.4) is 0 Å². The summed E-state index contributed by atoms with van der Waals surface area (Å²) in [5.41, 5.74) is 0.382. The molecule has 4 heteroatoms. The third kappa shape index (κ3) is 3.80. The Labute approximate surface area is 196 Å². The monoisotopic (exact) mass is 450 g/mol. The van der Waals surface area contributed by atoms with Gasteiger partial charge in [0, 0.05) is 0 Å². The van der Waals surface area contributed by atoms with Crippen LogP contribution in [0, 0.1) is 58.2 Å². The van der Waals surface area contributed by atoms with Crippen molar-refractivity contribution in [3.05, 3.63) is 0 Å². The first kappa shape index (κ1) is 24.9. The number of hydrogen-bond acceptors (Lipinski definition) is 4. The van der Waals surface area contributed by atoms with E-state index in [2.05, 4.69) is 41.5 Å². The maximum Gasteiger partial charge on any atom is 0.0830 e. The van der Waals surface area contributed by atoms with Crippen molar-refractivity contribution < 1.29 is 20.4 Å². The number of aliphatic hydroxyl groups is 4. The van der Waals surface area contributed by atoms with Gasteiger partial charge < -0.3 is 20.4 Å². The van der Waals surface area contributed by atoms with Gasteiger partial charge in [0.25, 0.3) is 0 Å². The van der Waals surface area contributed by atoms with E-state index < -0.39 is 24.4 Å². The summed E-state index contributed by atoms with van der Waals surface area (Å²) in [7, 11) is 0. The smallest absolute Gasteiger partial charge is 0.0830 e. The molecule has 4 nitrogen and oxygen atoms in total. The van der Waals surface area contributed by atoms with Crippen molar-refractivity contribution in [1.29, 1.82) is 0 Å². The quantitative estimate of drug-likeness (QED) is 0.492. The Kier molecular flexibility index (Phi) is 6.87. The summed E-state index contributed by atoms with van der Waals surface area (Å²) in [4.78, 5) is 0. The summed E-state index contributed by atoms with van der Waals surface area (Å²) in [6.07, 6.45) is 6.31. The molecule has 0 amide bonds. The van der Waals surface area contributed by atoms with Crippen molar-refractivity contribution in [2.45, 2.75) is 117 Å². The number of hydrogen-bond donors (Lipinski definition) is 4. The second kappa shape index (κ2) is 8.81. The Morgan fingerprint density at radius 1 is 0.750 bits per heavy atom. The summed E-state index contributed by atoms with van der Waals surface area (Å²) in [6.45, 7) is 13.4. The van der Waals surface area contributed by atoms with Gasteiger partial charge in [-0.15, -0.1) is 0 Å². The molecule has 32 heavy (non-hydrogen) atoms. The molecular weight excluding hydrogens is 400 g/mol. The van der Waals surface area contributed by atoms with E-state index in [9.17, 15) is 20.4 Å². The van der Waals surface area contributed by atoms with Gasteiger partial charge in [-0.25, -0.2) is 0 Å². The van der Waals surface area contributed by atoms with Gasteiger partial charge >= 0.3 is 0 Å². The fraction of sp³-hybridized carbons (Fsp3) is 1.00. The normalized spacial score (nSPS) is 50.2. The highest BCUT2D eigenvalue weighted by atomic mass is 16.3. The Bertz CT molecular complexity index is 666. The molecule has 5 unspecified atom stereocenters. The van der Waals surface area contributed by atoms with E-state index in [4.69, 9.17) is 0 Å². The van der Waals surface area contributed by atoms with E-state index in [1.54, 1.807) is 0 Å². The van der Waals surface area contributed by atoms with Gasteiger partial charge in [0.15, 0.2) is 0 Å². The zero-order valence-electron chi connectivity index (χ0n) is 21.4. The van der Waals surface area contributed by atoms with Crippen LogP contribution in [0.4, 0.5) is 0 Å². The molecule has 0 radical (unpaired) electrons. The average Bonchev–Trinajstić information content (AvgIpc) is 3.09. The maximum absolute atomic E-state index is 11.2. The zero-order chi connectivity index (χ0) is 23.6. The van der Waals surface area contributed by atoms with Crippen LogP contribution in [0.2, 0.25) is 0 Å². The summed E-state index contributed by atoms with van der Waals surface area (Å²) in [5, 5.41) is 42.8. The first-order chi connectivity index (χ1) is 14.9. The molecular formula is C28H50O4. The standard InChI is InChI=1S/C28H50O4/c1-15(2)16(3)25(31)26(32)17(4)20-9-10-21-19-8-7-18-13-23(29)24(30)14-28(18,6)22(19)11-12-27(20,21)5/h15-26,29-32H,7-14H2,1-6H3/t16-,17+,18?,19+,20-,21+,22+,23?,24?,25?,26?,27-,28+/m1/s1. The molecule has 186 valence electrons. The minimum Gasteiger partial charge on any atom is -0.390 e. The molecule has 0 aromatic heterocycles. The highest BCUT2D eigenvalue weighted by molar-refractivity contribution is 5.11. The molecule has 0 aliphatic heterocycles. The van der Waals surface area contributed by atoms with Crippen LogP contribution in [-0.4, -0.2) is 44.8 Å². The topological polar surface area (TPSA) is 80.9 Å². The van der Waals surface area contributed by atoms with Gasteiger partial charge in [-0.1, -0.05) is 41.5 Å². The van der Waals surface area contributed by atoms with Crippen molar-refractivity contribution in [2.75, 3.05) is 0 Å². The summed E-state index contributed by atoms with van der Waals surface area (Å²) < 4.78 is 0. The lowest BCUT2D eigenvalue weighted by Gasteiger charge is -2.61. The Balaban J connectivity index is 1.52. The molecule has 4 rings (SSSR count). The van der Waals surface area contributed by atoms with E-state index in [0.717, 1.165) is 19.3 Å². The molecule has 4 fully saturated rings. The first-order valence-corrected chi connectivity index (χ1v) is 13.6. The second-order valence-electron chi connectivity index (χ2n) is 13.4. The van der Waals surface area contributed by atoms with E-state index in [-0.39, 0.29) is 22.7 Å². The van der Waals surface area contributed by atoms with Crippen molar-refractivity contribution in [3.8, 4) is 0 Å². The van der Waals surface area contributed by atoms with Crippen molar-refractivity contribution in [3.63, 3.8) is 0 Å². The summed E-state index contributed by atoms with van der Waals surface area (Å²) in [5.74, 6) is 3.59. The molecule has 0 aromatic rings. The van der Waals surface area contributed by atoms with E-state index in [0.29, 0.717) is 35.5 Å². The molecule has 0 saturated heterocycles. The lowest BCUT2D eigenvalue weighted by atomic mass is 9.44. The van der Waals surface area contributed by atoms with Gasteiger partial charge in [0.1, 0.15) is 0 Å². The van der Waals surface area contributed by atoms with Crippen LogP contribution in [0.15, 0.2) is 0 Å². The lowest BCUT2D eigenvalue weighted by Crippen LogP contribution is -2.57. The van der Waals surface area contributed by atoms with E-state index in [1.165, 1.54) is 32.1 Å². The molecule has 0 spiro atoms. The molecule has 4 aliphatic rings. The first-order valence-electron chi connectivity index (χ1n) is 13.6. The fourth-order valence-corrected chi connectivity index (χ4v) is 9.43. The van der Waals surface area contributed by atoms with Crippen LogP contribution in [0.25, 0.3) is 0 Å². The van der Waals surface area contributed by atoms with Gasteiger partial charge in [0.2, 0.25) is 0 Å². The Morgan fingerprint density at radius 2 is 1.41 bits per heavy atom. The molecule has 13 atom stereocenters. The minimum absolute atomic E-state index is 0.0940. The highest BCUT2D eigenvalue weighted by Crippen LogP contribution is 2.68. The van der Waals surface area contributed by atoms with Crippen molar-refractivity contribution in [1.82, 2.24) is 0 Å². The number of aliphatic hydroxyl groups excluding tert-OH is 4. The molecule has 0 aromatic carbocycles. The van der Waals surface area contributed by atoms with E-state index in [1.807, 2.05) is 0 Å². The Morgan fingerprint density at radius 3 is 2.06 bits per heavy atom. The van der Waals surface area contributed by atoms with Crippen molar-refractivity contribution >= 4 is 0 Å². The number of fused-ring (bicyclic) bond motifs is 5. The SMILES string of the molecule is CC(C)[C@@H](C)C(O)C(O)[C@@H](C)[C@H]1CC[C@H]2[C@@H]3CCC4CC(O)C(O)C[C@]4(C)[C@H]3CC[C@]12C. The van der Waals surface area contributed by atoms with Crippen LogP contribution in [-0.2, 0) is 0 Å². The van der Waals surface area contributed by atoms with Gasteiger partial charge in [-0.2, -0.15) is 0 Å². The predicted molar refractivity (Wildman–Crippen MR) is 128 cm³/mol. The summed E-state index contributed by atoms with van der Waals surface area (Å²) >= 11 is 0. The molecule has 4 N–H and O–H groups in total. The Hall–Kier alpha value is -0.160. The molecule has 0 bridgehead atoms. The zero-order valence-corrected chi connectivity index (χ0v) is 21.4. The second-order valence-corrected chi connectivity index (χ2v) is 13.4. The van der Waals surface area contributed by atoms with Gasteiger partial charge in [-0.05, 0) is 110 Å². The molecule has 0 heterocycles. The van der Waals surface area contributed by atoms with Gasteiger partial charge in [-0.3, -0.25) is 0 Å². The van der Waals surface area contributed by atoms with Crippen LogP contribution in [0.5, 0.6) is 0 Å². The molecule has 4 aliphatic carbocycles. The summed E-state index contributed by atoms with van der Waals surface area (Å²) in [6, 6.07) is 0. The maximum atomic E-state index is 11.2. The van der Waals surface area contributed by atoms with Crippen LogP contribution in [0.1, 0.15) is 92.9 Å². The third-order valence-corrected chi connectivity index (χ3v) is 11.9. The largest absolute Gasteiger partial charge is 0.390 e. The average molecular weight is 451 g/mol.